The first-order valence-corrected chi connectivity index (χ1v) is 5.91. The predicted octanol–water partition coefficient (Wildman–Crippen LogP) is 1.94. The maximum absolute atomic E-state index is 12.3. The molecule has 5 nitrogen and oxygen atoms in total. The van der Waals surface area contributed by atoms with Gasteiger partial charge in [0.15, 0.2) is 0 Å². The third-order valence-electron chi connectivity index (χ3n) is 3.19. The van der Waals surface area contributed by atoms with Crippen LogP contribution in [0.2, 0.25) is 0 Å². The number of nitrogen functional groups attached to an aromatic ring is 1. The molecule has 3 rings (SSSR count). The summed E-state index contributed by atoms with van der Waals surface area (Å²) in [6.45, 7) is 0. The van der Waals surface area contributed by atoms with Gasteiger partial charge in [-0.3, -0.25) is 9.59 Å². The number of carbonyl (C=O) groups is 2. The van der Waals surface area contributed by atoms with E-state index in [0.717, 1.165) is 4.90 Å². The summed E-state index contributed by atoms with van der Waals surface area (Å²) in [5.41, 5.74) is 7.46. The molecule has 0 aromatic heterocycles. The zero-order valence-corrected chi connectivity index (χ0v) is 10.3. The van der Waals surface area contributed by atoms with Crippen LogP contribution in [-0.4, -0.2) is 11.8 Å². The molecule has 0 unspecified atom stereocenters. The maximum Gasteiger partial charge on any atom is 0.266 e. The molecular formula is C15H9N3O2. The number of anilines is 2. The van der Waals surface area contributed by atoms with E-state index >= 15 is 0 Å². The van der Waals surface area contributed by atoms with Crippen molar-refractivity contribution < 1.29 is 9.59 Å². The molecule has 1 heterocycles. The zero-order valence-electron chi connectivity index (χ0n) is 10.3. The highest BCUT2D eigenvalue weighted by Crippen LogP contribution is 2.32. The molecule has 2 N–H and O–H groups in total. The summed E-state index contributed by atoms with van der Waals surface area (Å²) in [7, 11) is 0. The minimum absolute atomic E-state index is 0.221. The number of nitriles is 1. The second-order valence-electron chi connectivity index (χ2n) is 4.38. The Balaban J connectivity index is 2.12. The molecule has 96 valence electrons. The van der Waals surface area contributed by atoms with Crippen molar-refractivity contribution in [1.29, 1.82) is 5.26 Å². The number of nitrogens with zero attached hydrogens (tertiary/aromatic N) is 2. The molecule has 1 aliphatic rings. The van der Waals surface area contributed by atoms with Gasteiger partial charge in [0.05, 0.1) is 34.1 Å². The normalized spacial score (nSPS) is 13.2. The number of hydrogen-bond donors (Lipinski definition) is 1. The van der Waals surface area contributed by atoms with Crippen molar-refractivity contribution in [2.45, 2.75) is 0 Å². The van der Waals surface area contributed by atoms with E-state index in [4.69, 9.17) is 11.0 Å². The first kappa shape index (κ1) is 11.9. The van der Waals surface area contributed by atoms with Gasteiger partial charge in [0.2, 0.25) is 0 Å². The lowest BCUT2D eigenvalue weighted by molar-refractivity contribution is 0.0926. The van der Waals surface area contributed by atoms with Crippen molar-refractivity contribution in [1.82, 2.24) is 0 Å². The highest BCUT2D eigenvalue weighted by atomic mass is 16.2. The van der Waals surface area contributed by atoms with Gasteiger partial charge in [0.25, 0.3) is 11.8 Å². The summed E-state index contributed by atoms with van der Waals surface area (Å²) >= 11 is 0. The first-order chi connectivity index (χ1) is 9.63. The molecule has 0 fully saturated rings. The van der Waals surface area contributed by atoms with E-state index in [-0.39, 0.29) is 5.69 Å². The minimum atomic E-state index is -0.401. The van der Waals surface area contributed by atoms with E-state index in [1.807, 2.05) is 6.07 Å². The molecule has 0 aliphatic carbocycles. The van der Waals surface area contributed by atoms with Crippen molar-refractivity contribution in [3.05, 3.63) is 59.2 Å². The molecule has 0 saturated carbocycles. The van der Waals surface area contributed by atoms with Crippen LogP contribution >= 0.6 is 0 Å². The van der Waals surface area contributed by atoms with E-state index in [1.165, 1.54) is 18.2 Å². The zero-order chi connectivity index (χ0) is 14.3. The molecular weight excluding hydrogens is 254 g/mol. The third-order valence-corrected chi connectivity index (χ3v) is 3.19. The Morgan fingerprint density at radius 3 is 2.10 bits per heavy atom. The van der Waals surface area contributed by atoms with Gasteiger partial charge >= 0.3 is 0 Å². The lowest BCUT2D eigenvalue weighted by Gasteiger charge is -2.16. The van der Waals surface area contributed by atoms with Gasteiger partial charge in [0.1, 0.15) is 0 Å². The summed E-state index contributed by atoms with van der Waals surface area (Å²) in [5.74, 6) is -0.802. The minimum Gasteiger partial charge on any atom is -0.397 e. The molecule has 0 saturated heterocycles. The highest BCUT2D eigenvalue weighted by molar-refractivity contribution is 6.35. The molecule has 0 atom stereocenters. The van der Waals surface area contributed by atoms with Crippen LogP contribution < -0.4 is 10.6 Å². The van der Waals surface area contributed by atoms with E-state index in [0.29, 0.717) is 22.4 Å². The van der Waals surface area contributed by atoms with E-state index in [9.17, 15) is 9.59 Å². The van der Waals surface area contributed by atoms with Crippen LogP contribution in [-0.2, 0) is 0 Å². The van der Waals surface area contributed by atoms with Crippen LogP contribution in [0.4, 0.5) is 11.4 Å². The fourth-order valence-electron chi connectivity index (χ4n) is 2.24. The second kappa shape index (κ2) is 4.21. The lowest BCUT2D eigenvalue weighted by atomic mass is 10.1. The van der Waals surface area contributed by atoms with Crippen LogP contribution in [0, 0.1) is 11.3 Å². The van der Waals surface area contributed by atoms with Gasteiger partial charge in [-0.2, -0.15) is 5.26 Å². The largest absolute Gasteiger partial charge is 0.397 e. The number of rotatable bonds is 1. The number of amides is 2. The number of hydrogen-bond acceptors (Lipinski definition) is 4. The van der Waals surface area contributed by atoms with E-state index < -0.39 is 11.8 Å². The van der Waals surface area contributed by atoms with Crippen LogP contribution in [0.15, 0.2) is 42.5 Å². The number of fused-ring (bicyclic) bond motifs is 1. The average Bonchev–Trinajstić information content (AvgIpc) is 2.72. The maximum atomic E-state index is 12.3. The summed E-state index contributed by atoms with van der Waals surface area (Å²) < 4.78 is 0. The second-order valence-corrected chi connectivity index (χ2v) is 4.38. The first-order valence-electron chi connectivity index (χ1n) is 5.91. The van der Waals surface area contributed by atoms with E-state index in [2.05, 4.69) is 0 Å². The van der Waals surface area contributed by atoms with Crippen LogP contribution in [0.1, 0.15) is 26.3 Å². The number of imide groups is 1. The van der Waals surface area contributed by atoms with Crippen LogP contribution in [0.25, 0.3) is 0 Å². The topological polar surface area (TPSA) is 87.2 Å². The molecule has 2 aromatic carbocycles. The highest BCUT2D eigenvalue weighted by Gasteiger charge is 2.37. The van der Waals surface area contributed by atoms with Gasteiger partial charge in [-0.1, -0.05) is 12.1 Å². The van der Waals surface area contributed by atoms with Crippen molar-refractivity contribution in [3.8, 4) is 6.07 Å². The van der Waals surface area contributed by atoms with Gasteiger partial charge in [-0.05, 0) is 30.3 Å². The van der Waals surface area contributed by atoms with Crippen molar-refractivity contribution in [2.75, 3.05) is 10.6 Å². The quantitative estimate of drug-likeness (QED) is 0.629. The average molecular weight is 263 g/mol. The fourth-order valence-corrected chi connectivity index (χ4v) is 2.24. The molecule has 2 aromatic rings. The third kappa shape index (κ3) is 1.56. The Morgan fingerprint density at radius 2 is 1.60 bits per heavy atom. The number of nitrogens with two attached hydrogens (primary N) is 1. The number of carbonyl (C=O) groups excluding carboxylic acids is 2. The van der Waals surface area contributed by atoms with Crippen molar-refractivity contribution >= 4 is 23.2 Å². The number of benzene rings is 2. The molecule has 5 heteroatoms. The van der Waals surface area contributed by atoms with Crippen molar-refractivity contribution in [2.24, 2.45) is 0 Å². The molecule has 1 aliphatic heterocycles. The lowest BCUT2D eigenvalue weighted by Crippen LogP contribution is -2.30. The summed E-state index contributed by atoms with van der Waals surface area (Å²) in [5, 5.41) is 8.81. The van der Waals surface area contributed by atoms with Crippen LogP contribution in [0.3, 0.4) is 0 Å². The Morgan fingerprint density at radius 1 is 1.00 bits per heavy atom. The molecule has 0 radical (unpaired) electrons. The molecule has 20 heavy (non-hydrogen) atoms. The molecule has 0 bridgehead atoms. The Hall–Kier alpha value is -3.13. The standard InChI is InChI=1S/C15H9N3O2/c16-8-9-5-6-13(12(17)7-9)18-14(19)10-3-1-2-4-11(10)15(18)20/h1-7H,17H2. The van der Waals surface area contributed by atoms with Gasteiger partial charge < -0.3 is 5.73 Å². The van der Waals surface area contributed by atoms with Gasteiger partial charge in [0, 0.05) is 0 Å². The SMILES string of the molecule is N#Cc1ccc(N2C(=O)c3ccccc3C2=O)c(N)c1. The summed E-state index contributed by atoms with van der Waals surface area (Å²) in [6, 6.07) is 13.1. The summed E-state index contributed by atoms with van der Waals surface area (Å²) in [4.78, 5) is 25.6. The summed E-state index contributed by atoms with van der Waals surface area (Å²) in [6.07, 6.45) is 0. The smallest absolute Gasteiger partial charge is 0.266 e. The van der Waals surface area contributed by atoms with E-state index in [1.54, 1.807) is 24.3 Å². The Labute approximate surface area is 114 Å². The van der Waals surface area contributed by atoms with Gasteiger partial charge in [-0.25, -0.2) is 4.90 Å². The monoisotopic (exact) mass is 263 g/mol. The molecule has 0 spiro atoms. The Kier molecular flexibility index (Phi) is 2.51. The van der Waals surface area contributed by atoms with Crippen molar-refractivity contribution in [3.63, 3.8) is 0 Å². The predicted molar refractivity (Wildman–Crippen MR) is 73.2 cm³/mol. The fraction of sp³-hybridized carbons (Fsp3) is 0. The van der Waals surface area contributed by atoms with Crippen LogP contribution in [0.5, 0.6) is 0 Å². The molecule has 2 amide bonds. The Bertz CT molecular complexity index is 755. The van der Waals surface area contributed by atoms with Gasteiger partial charge in [-0.15, -0.1) is 0 Å².